The van der Waals surface area contributed by atoms with E-state index in [-0.39, 0.29) is 11.9 Å². The van der Waals surface area contributed by atoms with Crippen LogP contribution in [0.2, 0.25) is 0 Å². The largest absolute Gasteiger partial charge is 0.496 e. The summed E-state index contributed by atoms with van der Waals surface area (Å²) in [7, 11) is 4.97. The number of halogens is 1. The SMILES string of the molecule is CNC(COC)c1cc(F)ccc1OC. The van der Waals surface area contributed by atoms with Crippen molar-refractivity contribution in [3.8, 4) is 5.75 Å². The van der Waals surface area contributed by atoms with E-state index in [9.17, 15) is 4.39 Å². The van der Waals surface area contributed by atoms with E-state index in [2.05, 4.69) is 5.32 Å². The predicted octanol–water partition coefficient (Wildman–Crippen LogP) is 1.74. The Morgan fingerprint density at radius 3 is 2.67 bits per heavy atom. The Kier molecular flexibility index (Phi) is 4.52. The van der Waals surface area contributed by atoms with Gasteiger partial charge in [-0.25, -0.2) is 4.39 Å². The lowest BCUT2D eigenvalue weighted by molar-refractivity contribution is 0.169. The number of rotatable bonds is 5. The lowest BCUT2D eigenvalue weighted by atomic mass is 10.1. The third kappa shape index (κ3) is 2.91. The van der Waals surface area contributed by atoms with E-state index in [1.807, 2.05) is 0 Å². The fraction of sp³-hybridized carbons (Fsp3) is 0.455. The smallest absolute Gasteiger partial charge is 0.123 e. The van der Waals surface area contributed by atoms with Crippen molar-refractivity contribution in [2.45, 2.75) is 6.04 Å². The van der Waals surface area contributed by atoms with Crippen LogP contribution in [0, 0.1) is 5.82 Å². The van der Waals surface area contributed by atoms with E-state index in [1.54, 1.807) is 27.3 Å². The maximum Gasteiger partial charge on any atom is 0.123 e. The van der Waals surface area contributed by atoms with E-state index in [0.717, 1.165) is 5.56 Å². The van der Waals surface area contributed by atoms with Gasteiger partial charge in [-0.15, -0.1) is 0 Å². The van der Waals surface area contributed by atoms with Crippen molar-refractivity contribution in [2.24, 2.45) is 0 Å². The van der Waals surface area contributed by atoms with Crippen LogP contribution in [0.4, 0.5) is 4.39 Å². The van der Waals surface area contributed by atoms with Crippen molar-refractivity contribution in [1.82, 2.24) is 5.32 Å². The van der Waals surface area contributed by atoms with Gasteiger partial charge >= 0.3 is 0 Å². The van der Waals surface area contributed by atoms with Crippen LogP contribution in [-0.2, 0) is 4.74 Å². The number of nitrogens with one attached hydrogen (secondary N) is 1. The van der Waals surface area contributed by atoms with Gasteiger partial charge in [0, 0.05) is 12.7 Å². The number of ether oxygens (including phenoxy) is 2. The number of benzene rings is 1. The molecular formula is C11H16FNO2. The molecule has 3 nitrogen and oxygen atoms in total. The second-order valence-electron chi connectivity index (χ2n) is 3.18. The van der Waals surface area contributed by atoms with E-state index in [4.69, 9.17) is 9.47 Å². The van der Waals surface area contributed by atoms with Gasteiger partial charge in [-0.1, -0.05) is 0 Å². The van der Waals surface area contributed by atoms with Gasteiger partial charge in [0.05, 0.1) is 19.8 Å². The van der Waals surface area contributed by atoms with E-state index >= 15 is 0 Å². The van der Waals surface area contributed by atoms with Crippen LogP contribution in [0.5, 0.6) is 5.75 Å². The highest BCUT2D eigenvalue weighted by atomic mass is 19.1. The standard InChI is InChI=1S/C11H16FNO2/c1-13-10(7-14-2)9-6-8(12)4-5-11(9)15-3/h4-6,10,13H,7H2,1-3H3. The molecular weight excluding hydrogens is 197 g/mol. The number of hydrogen-bond acceptors (Lipinski definition) is 3. The van der Waals surface area contributed by atoms with Crippen molar-refractivity contribution >= 4 is 0 Å². The molecule has 0 saturated heterocycles. The summed E-state index contributed by atoms with van der Waals surface area (Å²) in [6.45, 7) is 0.469. The topological polar surface area (TPSA) is 30.5 Å². The molecule has 0 aliphatic carbocycles. The Morgan fingerprint density at radius 2 is 2.13 bits per heavy atom. The number of methoxy groups -OCH3 is 2. The molecule has 1 atom stereocenters. The normalized spacial score (nSPS) is 12.5. The van der Waals surface area contributed by atoms with Crippen LogP contribution in [0.3, 0.4) is 0 Å². The quantitative estimate of drug-likeness (QED) is 0.808. The monoisotopic (exact) mass is 213 g/mol. The first-order valence-electron chi connectivity index (χ1n) is 4.72. The highest BCUT2D eigenvalue weighted by molar-refractivity contribution is 5.36. The molecule has 0 amide bonds. The first-order chi connectivity index (χ1) is 7.22. The van der Waals surface area contributed by atoms with E-state index in [1.165, 1.54) is 12.1 Å². The Morgan fingerprint density at radius 1 is 1.40 bits per heavy atom. The number of hydrogen-bond donors (Lipinski definition) is 1. The van der Waals surface area contributed by atoms with Crippen molar-refractivity contribution in [2.75, 3.05) is 27.9 Å². The summed E-state index contributed by atoms with van der Waals surface area (Å²) in [5.41, 5.74) is 0.766. The molecule has 0 aliphatic rings. The van der Waals surface area contributed by atoms with Gasteiger partial charge in [0.1, 0.15) is 11.6 Å². The molecule has 0 fully saturated rings. The molecule has 0 aromatic heterocycles. The summed E-state index contributed by atoms with van der Waals surface area (Å²) in [6.07, 6.45) is 0. The Balaban J connectivity index is 3.02. The van der Waals surface area contributed by atoms with Crippen LogP contribution in [-0.4, -0.2) is 27.9 Å². The van der Waals surface area contributed by atoms with Gasteiger partial charge in [-0.2, -0.15) is 0 Å². The minimum Gasteiger partial charge on any atom is -0.496 e. The molecule has 0 bridgehead atoms. The minimum atomic E-state index is -0.276. The molecule has 1 aromatic rings. The summed E-state index contributed by atoms with van der Waals surface area (Å²) in [4.78, 5) is 0. The van der Waals surface area contributed by atoms with Gasteiger partial charge < -0.3 is 14.8 Å². The Bertz CT molecular complexity index is 317. The van der Waals surface area contributed by atoms with Crippen LogP contribution >= 0.6 is 0 Å². The third-order valence-corrected chi connectivity index (χ3v) is 2.25. The van der Waals surface area contributed by atoms with Crippen LogP contribution in [0.1, 0.15) is 11.6 Å². The molecule has 1 N–H and O–H groups in total. The molecule has 4 heteroatoms. The lowest BCUT2D eigenvalue weighted by Crippen LogP contribution is -2.21. The van der Waals surface area contributed by atoms with Gasteiger partial charge in [-0.05, 0) is 25.2 Å². The highest BCUT2D eigenvalue weighted by Gasteiger charge is 2.14. The fourth-order valence-electron chi connectivity index (χ4n) is 1.47. The average Bonchev–Trinajstić information content (AvgIpc) is 2.26. The Hall–Kier alpha value is -1.13. The van der Waals surface area contributed by atoms with Gasteiger partial charge in [0.15, 0.2) is 0 Å². The van der Waals surface area contributed by atoms with E-state index in [0.29, 0.717) is 12.4 Å². The molecule has 0 aliphatic heterocycles. The van der Waals surface area contributed by atoms with Gasteiger partial charge in [0.25, 0.3) is 0 Å². The van der Waals surface area contributed by atoms with E-state index < -0.39 is 0 Å². The van der Waals surface area contributed by atoms with Gasteiger partial charge in [0.2, 0.25) is 0 Å². The summed E-state index contributed by atoms with van der Waals surface area (Å²) < 4.78 is 23.3. The molecule has 1 aromatic carbocycles. The summed E-state index contributed by atoms with van der Waals surface area (Å²) in [6, 6.07) is 4.38. The van der Waals surface area contributed by atoms with Crippen molar-refractivity contribution in [3.05, 3.63) is 29.6 Å². The third-order valence-electron chi connectivity index (χ3n) is 2.25. The molecule has 0 saturated carbocycles. The second-order valence-corrected chi connectivity index (χ2v) is 3.18. The summed E-state index contributed by atoms with van der Waals surface area (Å²) in [5.74, 6) is 0.384. The number of likely N-dealkylation sites (N-methyl/N-ethyl adjacent to an activating group) is 1. The van der Waals surface area contributed by atoms with Crippen LogP contribution < -0.4 is 10.1 Å². The first kappa shape index (κ1) is 11.9. The zero-order valence-electron chi connectivity index (χ0n) is 9.21. The molecule has 0 heterocycles. The second kappa shape index (κ2) is 5.68. The lowest BCUT2D eigenvalue weighted by Gasteiger charge is -2.18. The highest BCUT2D eigenvalue weighted by Crippen LogP contribution is 2.25. The van der Waals surface area contributed by atoms with Crippen molar-refractivity contribution in [3.63, 3.8) is 0 Å². The zero-order valence-corrected chi connectivity index (χ0v) is 9.21. The molecule has 1 unspecified atom stereocenters. The predicted molar refractivity (Wildman–Crippen MR) is 56.6 cm³/mol. The zero-order chi connectivity index (χ0) is 11.3. The van der Waals surface area contributed by atoms with Crippen LogP contribution in [0.15, 0.2) is 18.2 Å². The minimum absolute atomic E-state index is 0.0688. The molecule has 84 valence electrons. The summed E-state index contributed by atoms with van der Waals surface area (Å²) in [5, 5.41) is 3.05. The maximum atomic E-state index is 13.1. The first-order valence-corrected chi connectivity index (χ1v) is 4.72. The fourth-order valence-corrected chi connectivity index (χ4v) is 1.47. The summed E-state index contributed by atoms with van der Waals surface area (Å²) >= 11 is 0. The molecule has 1 rings (SSSR count). The van der Waals surface area contributed by atoms with Crippen molar-refractivity contribution < 1.29 is 13.9 Å². The molecule has 0 spiro atoms. The molecule has 15 heavy (non-hydrogen) atoms. The average molecular weight is 213 g/mol. The molecule has 0 radical (unpaired) electrons. The maximum absolute atomic E-state index is 13.1. The van der Waals surface area contributed by atoms with Gasteiger partial charge in [-0.3, -0.25) is 0 Å². The Labute approximate surface area is 89.2 Å². The van der Waals surface area contributed by atoms with Crippen LogP contribution in [0.25, 0.3) is 0 Å². The van der Waals surface area contributed by atoms with Crippen molar-refractivity contribution in [1.29, 1.82) is 0 Å².